The molecule has 0 bridgehead atoms. The largest absolute Gasteiger partial charge is 0.419 e. The number of carbonyl (C=O) groups excluding carboxylic acids is 1. The Kier molecular flexibility index (Phi) is 5.12. The molecule has 0 aliphatic heterocycles. The van der Waals surface area contributed by atoms with Crippen LogP contribution in [0.1, 0.15) is 15.9 Å². The minimum atomic E-state index is -4.90. The summed E-state index contributed by atoms with van der Waals surface area (Å²) in [5, 5.41) is 0.0739. The summed E-state index contributed by atoms with van der Waals surface area (Å²) in [5.74, 6) is -3.98. The minimum Gasteiger partial charge on any atom is -0.366 e. The predicted molar refractivity (Wildman–Crippen MR) is 106 cm³/mol. The molecule has 2 N–H and O–H groups in total. The van der Waals surface area contributed by atoms with Crippen LogP contribution in [0.2, 0.25) is 0 Å². The van der Waals surface area contributed by atoms with Crippen LogP contribution in [0.4, 0.5) is 26.3 Å². The Hall–Kier alpha value is -3.88. The highest BCUT2D eigenvalue weighted by molar-refractivity contribution is 6.01. The highest BCUT2D eigenvalue weighted by Gasteiger charge is 2.35. The van der Waals surface area contributed by atoms with E-state index in [1.54, 1.807) is 0 Å². The number of carbonyl (C=O) groups is 1. The monoisotopic (exact) mass is 446 g/mol. The lowest BCUT2D eigenvalue weighted by Gasteiger charge is -2.14. The van der Waals surface area contributed by atoms with Gasteiger partial charge in [0.15, 0.2) is 5.82 Å². The van der Waals surface area contributed by atoms with Crippen LogP contribution in [0.15, 0.2) is 60.8 Å². The maximum absolute atomic E-state index is 14.6. The number of fused-ring (bicyclic) bond motifs is 1. The summed E-state index contributed by atoms with van der Waals surface area (Å²) >= 11 is 0. The summed E-state index contributed by atoms with van der Waals surface area (Å²) in [6.45, 7) is 0. The molecule has 0 radical (unpaired) electrons. The van der Waals surface area contributed by atoms with Gasteiger partial charge in [0, 0.05) is 22.7 Å². The topological polar surface area (TPSA) is 56.0 Å². The predicted octanol–water partition coefficient (Wildman–Crippen LogP) is 6.10. The Morgan fingerprint density at radius 3 is 2.28 bits per heavy atom. The van der Waals surface area contributed by atoms with Gasteiger partial charge in [-0.3, -0.25) is 9.78 Å². The number of aromatic nitrogens is 1. The number of halogens is 6. The van der Waals surface area contributed by atoms with Crippen LogP contribution in [-0.2, 0) is 6.18 Å². The SMILES string of the molecule is NC(=O)c1cc(F)ccc1-c1cc(-c2ccnc3c(F)c(C(F)(F)F)ccc23)ccc1F. The third kappa shape index (κ3) is 3.66. The van der Waals surface area contributed by atoms with E-state index < -0.39 is 40.6 Å². The van der Waals surface area contributed by atoms with E-state index in [2.05, 4.69) is 4.98 Å². The zero-order valence-corrected chi connectivity index (χ0v) is 16.0. The molecular formula is C23H12F6N2O. The molecule has 0 fully saturated rings. The van der Waals surface area contributed by atoms with Gasteiger partial charge in [0.05, 0.1) is 5.56 Å². The lowest BCUT2D eigenvalue weighted by molar-refractivity contribution is -0.139. The molecule has 0 unspecified atom stereocenters. The summed E-state index contributed by atoms with van der Waals surface area (Å²) in [6, 6.07) is 9.96. The fourth-order valence-corrected chi connectivity index (χ4v) is 3.51. The van der Waals surface area contributed by atoms with Crippen molar-refractivity contribution >= 4 is 16.8 Å². The summed E-state index contributed by atoms with van der Waals surface area (Å²) in [5.41, 5.74) is 3.63. The van der Waals surface area contributed by atoms with E-state index in [0.717, 1.165) is 30.5 Å². The van der Waals surface area contributed by atoms with Crippen LogP contribution in [-0.4, -0.2) is 10.9 Å². The number of hydrogen-bond donors (Lipinski definition) is 1. The van der Waals surface area contributed by atoms with Gasteiger partial charge in [0.25, 0.3) is 0 Å². The molecule has 1 heterocycles. The van der Waals surface area contributed by atoms with Crippen molar-refractivity contribution in [2.45, 2.75) is 6.18 Å². The van der Waals surface area contributed by atoms with Gasteiger partial charge in [-0.05, 0) is 53.1 Å². The second-order valence-electron chi connectivity index (χ2n) is 6.93. The maximum Gasteiger partial charge on any atom is 0.419 e. The molecule has 4 aromatic rings. The van der Waals surface area contributed by atoms with Gasteiger partial charge in [-0.25, -0.2) is 13.2 Å². The molecule has 1 amide bonds. The van der Waals surface area contributed by atoms with Crippen molar-refractivity contribution in [1.82, 2.24) is 4.98 Å². The van der Waals surface area contributed by atoms with Crippen LogP contribution < -0.4 is 5.73 Å². The third-order valence-electron chi connectivity index (χ3n) is 4.97. The molecule has 0 saturated carbocycles. The Balaban J connectivity index is 1.94. The Morgan fingerprint density at radius 1 is 0.844 bits per heavy atom. The second kappa shape index (κ2) is 7.67. The first-order chi connectivity index (χ1) is 15.1. The summed E-state index contributed by atoms with van der Waals surface area (Å²) in [6.07, 6.45) is -3.76. The number of amides is 1. The molecule has 0 saturated heterocycles. The first-order valence-electron chi connectivity index (χ1n) is 9.12. The zero-order chi connectivity index (χ0) is 23.2. The highest BCUT2D eigenvalue weighted by atomic mass is 19.4. The smallest absolute Gasteiger partial charge is 0.366 e. The van der Waals surface area contributed by atoms with Gasteiger partial charge < -0.3 is 5.73 Å². The van der Waals surface area contributed by atoms with E-state index >= 15 is 0 Å². The molecule has 9 heteroatoms. The number of pyridine rings is 1. The van der Waals surface area contributed by atoms with Crippen molar-refractivity contribution in [2.75, 3.05) is 0 Å². The van der Waals surface area contributed by atoms with E-state index in [1.807, 2.05) is 0 Å². The Labute approximate surface area is 177 Å². The highest BCUT2D eigenvalue weighted by Crippen LogP contribution is 2.38. The van der Waals surface area contributed by atoms with Crippen molar-refractivity contribution in [2.24, 2.45) is 5.73 Å². The lowest BCUT2D eigenvalue weighted by atomic mass is 9.93. The average molecular weight is 446 g/mol. The average Bonchev–Trinajstić information content (AvgIpc) is 2.73. The number of nitrogens with two attached hydrogens (primary N) is 1. The number of rotatable bonds is 3. The van der Waals surface area contributed by atoms with Crippen molar-refractivity contribution in [3.63, 3.8) is 0 Å². The van der Waals surface area contributed by atoms with Gasteiger partial charge in [-0.1, -0.05) is 18.2 Å². The van der Waals surface area contributed by atoms with Crippen molar-refractivity contribution in [1.29, 1.82) is 0 Å². The lowest BCUT2D eigenvalue weighted by Crippen LogP contribution is -2.13. The summed E-state index contributed by atoms with van der Waals surface area (Å²) in [7, 11) is 0. The molecule has 0 aliphatic carbocycles. The quantitative estimate of drug-likeness (QED) is 0.387. The molecule has 1 aromatic heterocycles. The third-order valence-corrected chi connectivity index (χ3v) is 4.97. The van der Waals surface area contributed by atoms with Crippen molar-refractivity contribution in [3.8, 4) is 22.3 Å². The zero-order valence-electron chi connectivity index (χ0n) is 16.0. The standard InChI is InChI=1S/C23H12F6N2O/c24-12-2-3-14(17(10-12)22(30)32)16-9-11(1-6-19(16)25)13-7-8-31-21-15(13)4-5-18(20(21)26)23(27,28)29/h1-10H,(H2,30,32). The van der Waals surface area contributed by atoms with Gasteiger partial charge in [0.2, 0.25) is 5.91 Å². The second-order valence-corrected chi connectivity index (χ2v) is 6.93. The first-order valence-corrected chi connectivity index (χ1v) is 9.12. The Bertz CT molecular complexity index is 1380. The van der Waals surface area contributed by atoms with E-state index in [9.17, 15) is 31.1 Å². The number of alkyl halides is 3. The molecule has 162 valence electrons. The number of nitrogens with zero attached hydrogens (tertiary/aromatic N) is 1. The minimum absolute atomic E-state index is 0.0298. The van der Waals surface area contributed by atoms with E-state index in [1.165, 1.54) is 24.3 Å². The fourth-order valence-electron chi connectivity index (χ4n) is 3.51. The summed E-state index contributed by atoms with van der Waals surface area (Å²) in [4.78, 5) is 15.5. The molecule has 0 aliphatic rings. The van der Waals surface area contributed by atoms with Crippen LogP contribution >= 0.6 is 0 Å². The number of hydrogen-bond acceptors (Lipinski definition) is 2. The first kappa shape index (κ1) is 21.4. The molecular weight excluding hydrogens is 434 g/mol. The molecule has 0 atom stereocenters. The van der Waals surface area contributed by atoms with E-state index in [-0.39, 0.29) is 27.6 Å². The molecule has 32 heavy (non-hydrogen) atoms. The normalized spacial score (nSPS) is 11.7. The molecule has 0 spiro atoms. The van der Waals surface area contributed by atoms with Crippen LogP contribution in [0.3, 0.4) is 0 Å². The Morgan fingerprint density at radius 2 is 1.59 bits per heavy atom. The fraction of sp³-hybridized carbons (Fsp3) is 0.0435. The van der Waals surface area contributed by atoms with Crippen LogP contribution in [0.25, 0.3) is 33.2 Å². The van der Waals surface area contributed by atoms with Gasteiger partial charge in [-0.2, -0.15) is 13.2 Å². The maximum atomic E-state index is 14.6. The van der Waals surface area contributed by atoms with Crippen LogP contribution in [0, 0.1) is 17.5 Å². The molecule has 3 aromatic carbocycles. The molecule has 3 nitrogen and oxygen atoms in total. The van der Waals surface area contributed by atoms with Gasteiger partial charge in [-0.15, -0.1) is 0 Å². The van der Waals surface area contributed by atoms with Gasteiger partial charge in [0.1, 0.15) is 17.2 Å². The van der Waals surface area contributed by atoms with Crippen molar-refractivity contribution < 1.29 is 31.1 Å². The van der Waals surface area contributed by atoms with E-state index in [4.69, 9.17) is 5.73 Å². The van der Waals surface area contributed by atoms with Crippen LogP contribution in [0.5, 0.6) is 0 Å². The summed E-state index contributed by atoms with van der Waals surface area (Å²) < 4.78 is 81.9. The number of primary amides is 1. The number of benzene rings is 3. The van der Waals surface area contributed by atoms with E-state index in [0.29, 0.717) is 11.6 Å². The molecule has 4 rings (SSSR count). The van der Waals surface area contributed by atoms with Crippen molar-refractivity contribution in [3.05, 3.63) is 89.4 Å². The van der Waals surface area contributed by atoms with Gasteiger partial charge >= 0.3 is 6.18 Å².